The average molecular weight is 543 g/mol. The third-order valence-electron chi connectivity index (χ3n) is 6.22. The van der Waals surface area contributed by atoms with Gasteiger partial charge in [0.2, 0.25) is 0 Å². The molecule has 0 aromatic heterocycles. The first-order valence-corrected chi connectivity index (χ1v) is 12.2. The fourth-order valence-electron chi connectivity index (χ4n) is 4.12. The first-order chi connectivity index (χ1) is 18.9. The van der Waals surface area contributed by atoms with Crippen LogP contribution >= 0.6 is 0 Å². The van der Waals surface area contributed by atoms with Crippen LogP contribution in [0, 0.1) is 37.3 Å². The van der Waals surface area contributed by atoms with E-state index in [0.717, 1.165) is 22.5 Å². The number of hydrogen-bond acceptors (Lipinski definition) is 8. The molecule has 0 heterocycles. The maximum Gasteiger partial charge on any atom is 0.325 e. The molecule has 4 aromatic rings. The summed E-state index contributed by atoms with van der Waals surface area (Å²) in [6.45, 7) is 8.03. The van der Waals surface area contributed by atoms with Crippen molar-refractivity contribution in [1.29, 1.82) is 0 Å². The minimum atomic E-state index is -0.937. The van der Waals surface area contributed by atoms with E-state index in [1.165, 1.54) is 0 Å². The molecule has 0 atom stereocenters. The zero-order chi connectivity index (χ0) is 29.2. The number of hydrogen-bond donors (Lipinski definition) is 0. The van der Waals surface area contributed by atoms with E-state index in [1.54, 1.807) is 12.1 Å². The first kappa shape index (κ1) is 27.7. The molecule has 0 fully saturated rings. The molecule has 0 aliphatic carbocycles. The second-order valence-corrected chi connectivity index (χ2v) is 10.1. The highest BCUT2D eigenvalue weighted by atomic mass is 16.6. The van der Waals surface area contributed by atoms with Gasteiger partial charge in [0.1, 0.15) is 0 Å². The Morgan fingerprint density at radius 3 is 1.75 bits per heavy atom. The topological polar surface area (TPSA) is 142 Å². The second-order valence-electron chi connectivity index (χ2n) is 10.1. The standard InChI is InChI=1S/C29H26N4O7/c1-19-10-13-22(14-11-19)30(21-8-6-5-7-9-21)24-16-20(29(2,3)4)12-15-27(24)40-28-25(32(36)37)17-23(31(34)35)18-26(28)33(38)39/h5-18H,1-4H3. The van der Waals surface area contributed by atoms with Crippen molar-refractivity contribution in [2.45, 2.75) is 33.1 Å². The third-order valence-corrected chi connectivity index (χ3v) is 6.22. The minimum absolute atomic E-state index is 0.0810. The van der Waals surface area contributed by atoms with Crippen molar-refractivity contribution in [2.75, 3.05) is 4.90 Å². The van der Waals surface area contributed by atoms with Crippen LogP contribution in [0.4, 0.5) is 34.1 Å². The van der Waals surface area contributed by atoms with E-state index in [1.807, 2.05) is 93.3 Å². The van der Waals surface area contributed by atoms with Crippen molar-refractivity contribution in [2.24, 2.45) is 0 Å². The Hall–Kier alpha value is -5.32. The number of aryl methyl sites for hydroxylation is 1. The molecule has 0 aliphatic rings. The summed E-state index contributed by atoms with van der Waals surface area (Å²) < 4.78 is 6.00. The molecule has 0 saturated heterocycles. The van der Waals surface area contributed by atoms with Crippen LogP contribution in [0.3, 0.4) is 0 Å². The zero-order valence-corrected chi connectivity index (χ0v) is 22.2. The second kappa shape index (κ2) is 10.8. The van der Waals surface area contributed by atoms with Crippen LogP contribution in [0.5, 0.6) is 11.5 Å². The molecule has 11 heteroatoms. The highest BCUT2D eigenvalue weighted by Crippen LogP contribution is 2.48. The molecule has 4 aromatic carbocycles. The third kappa shape index (κ3) is 5.73. The molecule has 4 rings (SSSR count). The molecule has 0 N–H and O–H groups in total. The lowest BCUT2D eigenvalue weighted by atomic mass is 9.86. The molecule has 0 bridgehead atoms. The van der Waals surface area contributed by atoms with Crippen molar-refractivity contribution in [1.82, 2.24) is 0 Å². The molecule has 0 unspecified atom stereocenters. The van der Waals surface area contributed by atoms with E-state index < -0.39 is 37.6 Å². The van der Waals surface area contributed by atoms with Crippen LogP contribution in [0.15, 0.2) is 84.9 Å². The van der Waals surface area contributed by atoms with Gasteiger partial charge in [-0.3, -0.25) is 30.3 Å². The average Bonchev–Trinajstić information content (AvgIpc) is 2.90. The number of non-ortho nitro benzene ring substituents is 1. The summed E-state index contributed by atoms with van der Waals surface area (Å²) in [5.41, 5.74) is 1.03. The van der Waals surface area contributed by atoms with Gasteiger partial charge < -0.3 is 9.64 Å². The van der Waals surface area contributed by atoms with Gasteiger partial charge in [0.15, 0.2) is 5.75 Å². The number of nitro benzene ring substituents is 3. The van der Waals surface area contributed by atoms with Crippen molar-refractivity contribution >= 4 is 34.1 Å². The number of ether oxygens (including phenoxy) is 1. The van der Waals surface area contributed by atoms with Gasteiger partial charge in [0.05, 0.1) is 32.6 Å². The van der Waals surface area contributed by atoms with Gasteiger partial charge in [-0.1, -0.05) is 62.7 Å². The SMILES string of the molecule is Cc1ccc(N(c2ccccc2)c2cc(C(C)(C)C)ccc2Oc2c([N+](=O)[O-])cc([N+](=O)[O-])cc2[N+](=O)[O-])cc1. The molecule has 0 aliphatic heterocycles. The lowest BCUT2D eigenvalue weighted by Gasteiger charge is -2.29. The summed E-state index contributed by atoms with van der Waals surface area (Å²) in [6, 6.07) is 23.6. The van der Waals surface area contributed by atoms with Crippen molar-refractivity contribution in [3.8, 4) is 11.5 Å². The van der Waals surface area contributed by atoms with Gasteiger partial charge in [-0.25, -0.2) is 0 Å². The van der Waals surface area contributed by atoms with E-state index in [0.29, 0.717) is 17.8 Å². The Bertz CT molecular complexity index is 1560. The number of anilines is 3. The van der Waals surface area contributed by atoms with Crippen molar-refractivity contribution < 1.29 is 19.5 Å². The highest BCUT2D eigenvalue weighted by Gasteiger charge is 2.34. The quantitative estimate of drug-likeness (QED) is 0.160. The fraction of sp³-hybridized carbons (Fsp3) is 0.172. The summed E-state index contributed by atoms with van der Waals surface area (Å²) >= 11 is 0. The Kier molecular flexibility index (Phi) is 7.49. The summed E-state index contributed by atoms with van der Waals surface area (Å²) in [7, 11) is 0. The largest absolute Gasteiger partial charge is 0.442 e. The number of nitrogens with zero attached hydrogens (tertiary/aromatic N) is 4. The summed E-state index contributed by atoms with van der Waals surface area (Å²) in [4.78, 5) is 34.2. The Morgan fingerprint density at radius 2 is 1.25 bits per heavy atom. The van der Waals surface area contributed by atoms with Gasteiger partial charge in [0, 0.05) is 11.4 Å². The Balaban J connectivity index is 2.02. The summed E-state index contributed by atoms with van der Waals surface area (Å²) in [6.07, 6.45) is 0. The van der Waals surface area contributed by atoms with E-state index >= 15 is 0 Å². The van der Waals surface area contributed by atoms with Gasteiger partial charge in [-0.2, -0.15) is 0 Å². The molecule has 0 saturated carbocycles. The van der Waals surface area contributed by atoms with Crippen LogP contribution < -0.4 is 9.64 Å². The fourth-order valence-corrected chi connectivity index (χ4v) is 4.12. The van der Waals surface area contributed by atoms with Gasteiger partial charge in [-0.05, 0) is 54.3 Å². The van der Waals surface area contributed by atoms with E-state index in [9.17, 15) is 30.3 Å². The number of rotatable bonds is 8. The molecule has 0 spiro atoms. The van der Waals surface area contributed by atoms with Crippen LogP contribution in [0.2, 0.25) is 0 Å². The Morgan fingerprint density at radius 1 is 0.700 bits per heavy atom. The van der Waals surface area contributed by atoms with Gasteiger partial charge in [-0.15, -0.1) is 0 Å². The normalized spacial score (nSPS) is 11.1. The molecule has 40 heavy (non-hydrogen) atoms. The van der Waals surface area contributed by atoms with Crippen molar-refractivity contribution in [3.05, 3.63) is 126 Å². The van der Waals surface area contributed by atoms with Crippen LogP contribution in [0.1, 0.15) is 31.9 Å². The van der Waals surface area contributed by atoms with E-state index in [4.69, 9.17) is 4.74 Å². The van der Waals surface area contributed by atoms with Gasteiger partial charge >= 0.3 is 11.4 Å². The van der Waals surface area contributed by atoms with E-state index in [2.05, 4.69) is 0 Å². The first-order valence-electron chi connectivity index (χ1n) is 12.2. The lowest BCUT2D eigenvalue weighted by Crippen LogP contribution is -2.15. The number of nitro groups is 3. The van der Waals surface area contributed by atoms with Crippen molar-refractivity contribution in [3.63, 3.8) is 0 Å². The smallest absolute Gasteiger partial charge is 0.325 e. The Labute approximate surface area is 229 Å². The predicted octanol–water partition coefficient (Wildman–Crippen LogP) is 8.28. The monoisotopic (exact) mass is 542 g/mol. The van der Waals surface area contributed by atoms with Crippen LogP contribution in [0.25, 0.3) is 0 Å². The molecule has 204 valence electrons. The summed E-state index contributed by atoms with van der Waals surface area (Å²) in [5.74, 6) is -0.625. The molecule has 0 amide bonds. The number of benzene rings is 4. The maximum atomic E-state index is 11.9. The summed E-state index contributed by atoms with van der Waals surface area (Å²) in [5, 5.41) is 35.2. The molecular formula is C29H26N4O7. The predicted molar refractivity (Wildman–Crippen MR) is 151 cm³/mol. The molecule has 11 nitrogen and oxygen atoms in total. The van der Waals surface area contributed by atoms with Gasteiger partial charge in [0.25, 0.3) is 11.4 Å². The maximum absolute atomic E-state index is 11.9. The van der Waals surface area contributed by atoms with E-state index in [-0.39, 0.29) is 11.2 Å². The zero-order valence-electron chi connectivity index (χ0n) is 22.2. The number of para-hydroxylation sites is 1. The molecular weight excluding hydrogens is 516 g/mol. The van der Waals surface area contributed by atoms with Crippen LogP contribution in [-0.2, 0) is 5.41 Å². The lowest BCUT2D eigenvalue weighted by molar-refractivity contribution is -0.404. The molecule has 0 radical (unpaired) electrons. The highest BCUT2D eigenvalue weighted by molar-refractivity contribution is 5.81. The minimum Gasteiger partial charge on any atom is -0.442 e. The van der Waals surface area contributed by atoms with Crippen LogP contribution in [-0.4, -0.2) is 14.8 Å².